The molecule has 3 N–H and O–H groups in total. The third-order valence-electron chi connectivity index (χ3n) is 4.04. The minimum Gasteiger partial charge on any atom is -0.493 e. The number of para-hydroxylation sites is 1. The van der Waals surface area contributed by atoms with Crippen molar-refractivity contribution in [3.63, 3.8) is 0 Å². The molecule has 2 amide bonds. The molecule has 0 spiro atoms. The molecule has 0 unspecified atom stereocenters. The summed E-state index contributed by atoms with van der Waals surface area (Å²) in [5.41, 5.74) is 1.33. The highest BCUT2D eigenvalue weighted by atomic mass is 16.5. The van der Waals surface area contributed by atoms with Crippen LogP contribution in [0.25, 0.3) is 5.69 Å². The number of ether oxygens (including phenoxy) is 3. The first kappa shape index (κ1) is 20.9. The Morgan fingerprint density at radius 1 is 1.13 bits per heavy atom. The summed E-state index contributed by atoms with van der Waals surface area (Å²) in [6, 6.07) is 11.7. The Labute approximate surface area is 172 Å². The molecule has 0 saturated carbocycles. The lowest BCUT2D eigenvalue weighted by atomic mass is 10.3. The second-order valence-electron chi connectivity index (χ2n) is 6.09. The SMILES string of the molecule is COc1cccc(OC)c1OC[C@@H](O)CNC(=O)Nc1ccc(-n2cnnn2)cc1. The Hall–Kier alpha value is -3.86. The van der Waals surface area contributed by atoms with Gasteiger partial charge in [-0.25, -0.2) is 9.48 Å². The number of carbonyl (C=O) groups excluding carboxylic acids is 1. The van der Waals surface area contributed by atoms with E-state index in [0.29, 0.717) is 22.9 Å². The van der Waals surface area contributed by atoms with Crippen molar-refractivity contribution in [3.8, 4) is 22.9 Å². The van der Waals surface area contributed by atoms with E-state index in [4.69, 9.17) is 14.2 Å². The van der Waals surface area contributed by atoms with Crippen LogP contribution in [0, 0.1) is 0 Å². The maximum Gasteiger partial charge on any atom is 0.319 e. The fourth-order valence-electron chi connectivity index (χ4n) is 2.56. The number of tetrazole rings is 1. The van der Waals surface area contributed by atoms with Crippen LogP contribution in [-0.2, 0) is 0 Å². The molecular weight excluding hydrogens is 392 g/mol. The van der Waals surface area contributed by atoms with E-state index in [1.807, 2.05) is 0 Å². The lowest BCUT2D eigenvalue weighted by Gasteiger charge is -2.17. The van der Waals surface area contributed by atoms with Crippen molar-refractivity contribution >= 4 is 11.7 Å². The molecular formula is C19H22N6O5. The minimum absolute atomic E-state index is 0.00793. The number of amides is 2. The average molecular weight is 414 g/mol. The number of methoxy groups -OCH3 is 2. The highest BCUT2D eigenvalue weighted by Crippen LogP contribution is 2.36. The Morgan fingerprint density at radius 3 is 2.43 bits per heavy atom. The molecule has 3 aromatic rings. The number of rotatable bonds is 9. The summed E-state index contributed by atoms with van der Waals surface area (Å²) in [4.78, 5) is 12.1. The van der Waals surface area contributed by atoms with Crippen LogP contribution in [0.2, 0.25) is 0 Å². The molecule has 0 aliphatic heterocycles. The molecule has 0 aliphatic carbocycles. The lowest BCUT2D eigenvalue weighted by molar-refractivity contribution is 0.105. The summed E-state index contributed by atoms with van der Waals surface area (Å²) >= 11 is 0. The first-order valence-electron chi connectivity index (χ1n) is 9.01. The summed E-state index contributed by atoms with van der Waals surface area (Å²) in [6.07, 6.45) is 0.534. The Kier molecular flexibility index (Phi) is 7.00. The predicted octanol–water partition coefficient (Wildman–Crippen LogP) is 1.24. The van der Waals surface area contributed by atoms with E-state index in [0.717, 1.165) is 5.69 Å². The second-order valence-corrected chi connectivity index (χ2v) is 6.09. The molecule has 0 radical (unpaired) electrons. The number of urea groups is 1. The predicted molar refractivity (Wildman–Crippen MR) is 107 cm³/mol. The highest BCUT2D eigenvalue weighted by molar-refractivity contribution is 5.89. The number of anilines is 1. The molecule has 11 nitrogen and oxygen atoms in total. The molecule has 3 rings (SSSR count). The van der Waals surface area contributed by atoms with Crippen LogP contribution in [0.15, 0.2) is 48.8 Å². The van der Waals surface area contributed by atoms with Crippen LogP contribution in [0.5, 0.6) is 17.2 Å². The zero-order valence-electron chi connectivity index (χ0n) is 16.5. The number of aliphatic hydroxyl groups is 1. The largest absolute Gasteiger partial charge is 0.493 e. The normalized spacial score (nSPS) is 11.4. The molecule has 2 aromatic carbocycles. The van der Waals surface area contributed by atoms with Crippen molar-refractivity contribution in [1.29, 1.82) is 0 Å². The van der Waals surface area contributed by atoms with E-state index in [2.05, 4.69) is 26.2 Å². The van der Waals surface area contributed by atoms with Crippen LogP contribution in [0.1, 0.15) is 0 Å². The van der Waals surface area contributed by atoms with E-state index < -0.39 is 12.1 Å². The molecule has 11 heteroatoms. The number of nitrogens with one attached hydrogen (secondary N) is 2. The number of hydrogen-bond donors (Lipinski definition) is 3. The molecule has 1 aromatic heterocycles. The van der Waals surface area contributed by atoms with Crippen molar-refractivity contribution in [2.24, 2.45) is 0 Å². The van der Waals surface area contributed by atoms with Crippen molar-refractivity contribution in [2.75, 3.05) is 32.7 Å². The van der Waals surface area contributed by atoms with E-state index in [9.17, 15) is 9.90 Å². The van der Waals surface area contributed by atoms with Gasteiger partial charge in [-0.05, 0) is 46.8 Å². The maximum atomic E-state index is 12.1. The summed E-state index contributed by atoms with van der Waals surface area (Å²) in [7, 11) is 3.03. The summed E-state index contributed by atoms with van der Waals surface area (Å²) < 4.78 is 17.6. The van der Waals surface area contributed by atoms with Gasteiger partial charge in [0.05, 0.1) is 19.9 Å². The molecule has 158 valence electrons. The van der Waals surface area contributed by atoms with Crippen LogP contribution >= 0.6 is 0 Å². The quantitative estimate of drug-likeness (QED) is 0.476. The maximum absolute atomic E-state index is 12.1. The molecule has 0 bridgehead atoms. The molecule has 0 fully saturated rings. The average Bonchev–Trinajstić information content (AvgIpc) is 3.31. The Balaban J connectivity index is 1.46. The van der Waals surface area contributed by atoms with Gasteiger partial charge in [0.15, 0.2) is 11.5 Å². The van der Waals surface area contributed by atoms with Crippen molar-refractivity contribution in [3.05, 3.63) is 48.8 Å². The summed E-state index contributed by atoms with van der Waals surface area (Å²) in [5, 5.41) is 26.3. The molecule has 1 atom stereocenters. The Morgan fingerprint density at radius 2 is 1.83 bits per heavy atom. The fourth-order valence-corrected chi connectivity index (χ4v) is 2.56. The monoisotopic (exact) mass is 414 g/mol. The van der Waals surface area contributed by atoms with Crippen LogP contribution in [0.3, 0.4) is 0 Å². The van der Waals surface area contributed by atoms with Gasteiger partial charge >= 0.3 is 6.03 Å². The second kappa shape index (κ2) is 10.1. The number of hydrogen-bond acceptors (Lipinski definition) is 8. The number of aromatic nitrogens is 4. The lowest BCUT2D eigenvalue weighted by Crippen LogP contribution is -2.37. The first-order valence-corrected chi connectivity index (χ1v) is 9.01. The van der Waals surface area contributed by atoms with Gasteiger partial charge in [-0.15, -0.1) is 5.10 Å². The standard InChI is InChI=1S/C19H22N6O5/c1-28-16-4-3-5-17(29-2)18(16)30-11-15(26)10-20-19(27)22-13-6-8-14(9-7-13)25-12-21-23-24-25/h3-9,12,15,26H,10-11H2,1-2H3,(H2,20,22,27)/t15-/m0/s1. The van der Waals surface area contributed by atoms with Gasteiger partial charge in [0.1, 0.15) is 19.0 Å². The number of carbonyl (C=O) groups is 1. The van der Waals surface area contributed by atoms with Crippen molar-refractivity contribution in [1.82, 2.24) is 25.5 Å². The van der Waals surface area contributed by atoms with E-state index in [1.165, 1.54) is 25.2 Å². The van der Waals surface area contributed by atoms with Crippen LogP contribution < -0.4 is 24.8 Å². The van der Waals surface area contributed by atoms with E-state index in [-0.39, 0.29) is 13.2 Å². The van der Waals surface area contributed by atoms with Gasteiger partial charge in [0, 0.05) is 12.2 Å². The van der Waals surface area contributed by atoms with Crippen LogP contribution in [0.4, 0.5) is 10.5 Å². The number of aliphatic hydroxyl groups excluding tert-OH is 1. The van der Waals surface area contributed by atoms with Crippen molar-refractivity contribution < 1.29 is 24.1 Å². The Bertz CT molecular complexity index is 926. The van der Waals surface area contributed by atoms with E-state index >= 15 is 0 Å². The summed E-state index contributed by atoms with van der Waals surface area (Å²) in [6.45, 7) is -0.0658. The van der Waals surface area contributed by atoms with Crippen molar-refractivity contribution in [2.45, 2.75) is 6.10 Å². The van der Waals surface area contributed by atoms with E-state index in [1.54, 1.807) is 42.5 Å². The number of nitrogens with zero attached hydrogens (tertiary/aromatic N) is 4. The van der Waals surface area contributed by atoms with Gasteiger partial charge in [-0.2, -0.15) is 0 Å². The van der Waals surface area contributed by atoms with Gasteiger partial charge in [0.25, 0.3) is 0 Å². The topological polar surface area (TPSA) is 133 Å². The minimum atomic E-state index is -0.937. The number of benzene rings is 2. The molecule has 0 saturated heterocycles. The first-order chi connectivity index (χ1) is 14.6. The van der Waals surface area contributed by atoms with Crippen LogP contribution in [-0.4, -0.2) is 64.8 Å². The highest BCUT2D eigenvalue weighted by Gasteiger charge is 2.14. The van der Waals surface area contributed by atoms with Gasteiger partial charge in [-0.3, -0.25) is 0 Å². The zero-order valence-corrected chi connectivity index (χ0v) is 16.5. The summed E-state index contributed by atoms with van der Waals surface area (Å²) in [5.74, 6) is 1.35. The van der Waals surface area contributed by atoms with Gasteiger partial charge < -0.3 is 30.0 Å². The van der Waals surface area contributed by atoms with Gasteiger partial charge in [0.2, 0.25) is 5.75 Å². The third-order valence-corrected chi connectivity index (χ3v) is 4.04. The molecule has 30 heavy (non-hydrogen) atoms. The molecule has 0 aliphatic rings. The zero-order chi connectivity index (χ0) is 21.3. The van der Waals surface area contributed by atoms with Gasteiger partial charge in [-0.1, -0.05) is 6.07 Å². The smallest absolute Gasteiger partial charge is 0.319 e. The molecule has 1 heterocycles. The third kappa shape index (κ3) is 5.35. The fraction of sp³-hybridized carbons (Fsp3) is 0.263.